The summed E-state index contributed by atoms with van der Waals surface area (Å²) in [4.78, 5) is 22.8. The van der Waals surface area contributed by atoms with Crippen LogP contribution in [0, 0.1) is 5.82 Å². The van der Waals surface area contributed by atoms with Crippen LogP contribution >= 0.6 is 0 Å². The molecular formula is C11H15FN4O2. The second kappa shape index (κ2) is 5.26. The van der Waals surface area contributed by atoms with Gasteiger partial charge < -0.3 is 14.9 Å². The topological polar surface area (TPSA) is 69.6 Å². The average molecular weight is 254 g/mol. The van der Waals surface area contributed by atoms with E-state index in [9.17, 15) is 14.3 Å². The van der Waals surface area contributed by atoms with Gasteiger partial charge in [0.15, 0.2) is 5.82 Å². The first-order chi connectivity index (χ1) is 8.58. The maximum absolute atomic E-state index is 12.7. The van der Waals surface area contributed by atoms with Crippen molar-refractivity contribution in [2.75, 3.05) is 31.1 Å². The van der Waals surface area contributed by atoms with E-state index in [1.165, 1.54) is 6.92 Å². The summed E-state index contributed by atoms with van der Waals surface area (Å²) in [6.07, 6.45) is 1.27. The SMILES string of the molecule is C[C@H](O)C(=O)N1CCN(c2ncc(F)cn2)CC1. The van der Waals surface area contributed by atoms with E-state index in [2.05, 4.69) is 9.97 Å². The number of amides is 1. The Hall–Kier alpha value is -1.76. The summed E-state index contributed by atoms with van der Waals surface area (Å²) in [6.45, 7) is 3.61. The lowest BCUT2D eigenvalue weighted by Crippen LogP contribution is -2.51. The van der Waals surface area contributed by atoms with Gasteiger partial charge >= 0.3 is 0 Å². The minimum absolute atomic E-state index is 0.269. The van der Waals surface area contributed by atoms with Crippen LogP contribution in [0.3, 0.4) is 0 Å². The fraction of sp³-hybridized carbons (Fsp3) is 0.545. The van der Waals surface area contributed by atoms with Gasteiger partial charge in [-0.3, -0.25) is 4.79 Å². The third-order valence-electron chi connectivity index (χ3n) is 2.84. The molecule has 1 fully saturated rings. The second-order valence-electron chi connectivity index (χ2n) is 4.19. The number of aliphatic hydroxyl groups excluding tert-OH is 1. The van der Waals surface area contributed by atoms with Crippen LogP contribution in [-0.4, -0.2) is 58.2 Å². The van der Waals surface area contributed by atoms with Crippen LogP contribution in [0.1, 0.15) is 6.92 Å². The zero-order valence-electron chi connectivity index (χ0n) is 10.1. The first-order valence-corrected chi connectivity index (χ1v) is 5.77. The van der Waals surface area contributed by atoms with Gasteiger partial charge in [-0.25, -0.2) is 14.4 Å². The molecule has 1 saturated heterocycles. The van der Waals surface area contributed by atoms with Gasteiger partial charge in [-0.2, -0.15) is 0 Å². The molecule has 1 N–H and O–H groups in total. The normalized spacial score (nSPS) is 17.7. The van der Waals surface area contributed by atoms with Crippen molar-refractivity contribution in [3.05, 3.63) is 18.2 Å². The highest BCUT2D eigenvalue weighted by molar-refractivity contribution is 5.80. The number of piperazine rings is 1. The van der Waals surface area contributed by atoms with Crippen LogP contribution in [0.25, 0.3) is 0 Å². The van der Waals surface area contributed by atoms with Crippen molar-refractivity contribution in [2.24, 2.45) is 0 Å². The van der Waals surface area contributed by atoms with E-state index < -0.39 is 11.9 Å². The minimum Gasteiger partial charge on any atom is -0.384 e. The van der Waals surface area contributed by atoms with Crippen molar-refractivity contribution in [3.63, 3.8) is 0 Å². The number of nitrogens with zero attached hydrogens (tertiary/aromatic N) is 4. The van der Waals surface area contributed by atoms with E-state index >= 15 is 0 Å². The molecule has 98 valence electrons. The zero-order valence-corrected chi connectivity index (χ0v) is 10.1. The lowest BCUT2D eigenvalue weighted by molar-refractivity contribution is -0.139. The second-order valence-corrected chi connectivity index (χ2v) is 4.19. The summed E-state index contributed by atoms with van der Waals surface area (Å²) < 4.78 is 12.7. The third-order valence-corrected chi connectivity index (χ3v) is 2.84. The van der Waals surface area contributed by atoms with Crippen LogP contribution in [0.4, 0.5) is 10.3 Å². The largest absolute Gasteiger partial charge is 0.384 e. The Bertz CT molecular complexity index is 416. The molecule has 1 amide bonds. The molecule has 0 radical (unpaired) electrons. The number of hydrogen-bond acceptors (Lipinski definition) is 5. The Labute approximate surface area is 104 Å². The average Bonchev–Trinajstić information content (AvgIpc) is 2.39. The summed E-state index contributed by atoms with van der Waals surface area (Å²) in [5.41, 5.74) is 0. The molecule has 1 aliphatic heterocycles. The first kappa shape index (κ1) is 12.7. The number of carbonyl (C=O) groups excluding carboxylic acids is 1. The molecule has 1 atom stereocenters. The minimum atomic E-state index is -0.973. The van der Waals surface area contributed by atoms with Gasteiger partial charge in [0.05, 0.1) is 12.4 Å². The number of rotatable bonds is 2. The molecule has 0 aromatic carbocycles. The standard InChI is InChI=1S/C11H15FN4O2/c1-8(17)10(18)15-2-4-16(5-3-15)11-13-6-9(12)7-14-11/h6-8,17H,2-5H2,1H3/t8-/m0/s1. The van der Waals surface area contributed by atoms with E-state index in [4.69, 9.17) is 0 Å². The Morgan fingerprint density at radius 1 is 1.33 bits per heavy atom. The number of hydrogen-bond donors (Lipinski definition) is 1. The molecule has 0 bridgehead atoms. The predicted molar refractivity (Wildman–Crippen MR) is 62.5 cm³/mol. The van der Waals surface area contributed by atoms with E-state index in [1.807, 2.05) is 4.90 Å². The van der Waals surface area contributed by atoms with E-state index in [-0.39, 0.29) is 5.91 Å². The Balaban J connectivity index is 1.94. The lowest BCUT2D eigenvalue weighted by atomic mass is 10.2. The van der Waals surface area contributed by atoms with Crippen molar-refractivity contribution >= 4 is 11.9 Å². The molecule has 0 aliphatic carbocycles. The van der Waals surface area contributed by atoms with Crippen molar-refractivity contribution in [2.45, 2.75) is 13.0 Å². The molecule has 1 aromatic heterocycles. The Morgan fingerprint density at radius 3 is 2.39 bits per heavy atom. The number of aromatic nitrogens is 2. The van der Waals surface area contributed by atoms with Gasteiger partial charge in [-0.05, 0) is 6.92 Å². The molecule has 0 spiro atoms. The summed E-state index contributed by atoms with van der Waals surface area (Å²) in [5.74, 6) is -0.281. The van der Waals surface area contributed by atoms with Gasteiger partial charge in [0.1, 0.15) is 6.10 Å². The van der Waals surface area contributed by atoms with Crippen molar-refractivity contribution < 1.29 is 14.3 Å². The van der Waals surface area contributed by atoms with Crippen molar-refractivity contribution in [1.82, 2.24) is 14.9 Å². The maximum Gasteiger partial charge on any atom is 0.251 e. The smallest absolute Gasteiger partial charge is 0.251 e. The molecule has 0 saturated carbocycles. The maximum atomic E-state index is 12.7. The Morgan fingerprint density at radius 2 is 1.89 bits per heavy atom. The number of carbonyl (C=O) groups is 1. The van der Waals surface area contributed by atoms with Crippen LogP contribution in [-0.2, 0) is 4.79 Å². The molecule has 18 heavy (non-hydrogen) atoms. The van der Waals surface area contributed by atoms with Crippen LogP contribution in [0.5, 0.6) is 0 Å². The lowest BCUT2D eigenvalue weighted by Gasteiger charge is -2.35. The highest BCUT2D eigenvalue weighted by Crippen LogP contribution is 2.11. The fourth-order valence-corrected chi connectivity index (χ4v) is 1.86. The predicted octanol–water partition coefficient (Wildman–Crippen LogP) is -0.355. The van der Waals surface area contributed by atoms with E-state index in [0.29, 0.717) is 32.1 Å². The molecule has 0 unspecified atom stereocenters. The monoisotopic (exact) mass is 254 g/mol. The van der Waals surface area contributed by atoms with Gasteiger partial charge in [-0.15, -0.1) is 0 Å². The quantitative estimate of drug-likeness (QED) is 0.781. The van der Waals surface area contributed by atoms with Gasteiger partial charge in [-0.1, -0.05) is 0 Å². The first-order valence-electron chi connectivity index (χ1n) is 5.77. The Kier molecular flexibility index (Phi) is 3.71. The summed E-state index contributed by atoms with van der Waals surface area (Å²) in [5, 5.41) is 9.22. The summed E-state index contributed by atoms with van der Waals surface area (Å²) in [6, 6.07) is 0. The number of halogens is 1. The molecule has 6 nitrogen and oxygen atoms in total. The number of anilines is 1. The van der Waals surface area contributed by atoms with Crippen LogP contribution in [0.2, 0.25) is 0 Å². The van der Waals surface area contributed by atoms with Crippen molar-refractivity contribution in [3.8, 4) is 0 Å². The highest BCUT2D eigenvalue weighted by atomic mass is 19.1. The van der Waals surface area contributed by atoms with Gasteiger partial charge in [0.2, 0.25) is 5.95 Å². The van der Waals surface area contributed by atoms with Crippen LogP contribution in [0.15, 0.2) is 12.4 Å². The van der Waals surface area contributed by atoms with Gasteiger partial charge in [0.25, 0.3) is 5.91 Å². The van der Waals surface area contributed by atoms with E-state index in [1.54, 1.807) is 4.90 Å². The molecule has 2 rings (SSSR count). The number of aliphatic hydroxyl groups is 1. The van der Waals surface area contributed by atoms with Crippen LogP contribution < -0.4 is 4.90 Å². The van der Waals surface area contributed by atoms with Gasteiger partial charge in [0, 0.05) is 26.2 Å². The van der Waals surface area contributed by atoms with E-state index in [0.717, 1.165) is 12.4 Å². The fourth-order valence-electron chi connectivity index (χ4n) is 1.86. The molecule has 2 heterocycles. The summed E-state index contributed by atoms with van der Waals surface area (Å²) >= 11 is 0. The zero-order chi connectivity index (χ0) is 13.1. The summed E-state index contributed by atoms with van der Waals surface area (Å²) in [7, 11) is 0. The molecule has 7 heteroatoms. The third kappa shape index (κ3) is 2.73. The van der Waals surface area contributed by atoms with Crippen molar-refractivity contribution in [1.29, 1.82) is 0 Å². The molecule has 1 aliphatic rings. The highest BCUT2D eigenvalue weighted by Gasteiger charge is 2.24. The molecular weight excluding hydrogens is 239 g/mol. The molecule has 1 aromatic rings.